The van der Waals surface area contributed by atoms with Crippen molar-refractivity contribution in [2.75, 3.05) is 19.4 Å². The minimum absolute atomic E-state index is 0.0815. The van der Waals surface area contributed by atoms with Crippen molar-refractivity contribution < 1.29 is 9.53 Å². The fraction of sp³-hybridized carbons (Fsp3) is 0.312. The van der Waals surface area contributed by atoms with Crippen LogP contribution >= 0.6 is 11.8 Å². The number of thioether (sulfide) groups is 1. The van der Waals surface area contributed by atoms with Gasteiger partial charge in [0.1, 0.15) is 5.75 Å². The molecule has 23 heavy (non-hydrogen) atoms. The lowest BCUT2D eigenvalue weighted by molar-refractivity contribution is -0.118. The topological polar surface area (TPSA) is 84.1 Å². The van der Waals surface area contributed by atoms with Crippen LogP contribution in [0.2, 0.25) is 0 Å². The van der Waals surface area contributed by atoms with E-state index < -0.39 is 5.69 Å². The smallest absolute Gasteiger partial charge is 0.345 e. The first-order chi connectivity index (χ1) is 11.1. The molecule has 0 unspecified atom stereocenters. The molecular weight excluding hydrogens is 314 g/mol. The second kappa shape index (κ2) is 8.38. The Morgan fingerprint density at radius 2 is 2.17 bits per heavy atom. The first-order valence-corrected chi connectivity index (χ1v) is 8.16. The van der Waals surface area contributed by atoms with Crippen molar-refractivity contribution in [3.8, 4) is 5.75 Å². The number of ether oxygens (including phenoxy) is 1. The molecule has 0 aliphatic heterocycles. The van der Waals surface area contributed by atoms with Crippen LogP contribution in [0.25, 0.3) is 0 Å². The number of benzene rings is 1. The van der Waals surface area contributed by atoms with Crippen LogP contribution in [0, 0.1) is 6.92 Å². The quantitative estimate of drug-likeness (QED) is 0.593. The van der Waals surface area contributed by atoms with E-state index in [-0.39, 0.29) is 11.7 Å². The highest BCUT2D eigenvalue weighted by Crippen LogP contribution is 2.18. The van der Waals surface area contributed by atoms with Gasteiger partial charge in [0.25, 0.3) is 0 Å². The molecular formula is C16H19N3O3S. The first-order valence-electron chi connectivity index (χ1n) is 7.17. The summed E-state index contributed by atoms with van der Waals surface area (Å²) in [6, 6.07) is 7.73. The molecule has 2 rings (SSSR count). The fourth-order valence-corrected chi connectivity index (χ4v) is 2.84. The number of aryl methyl sites for hydroxylation is 1. The third-order valence-corrected chi connectivity index (χ3v) is 4.33. The summed E-state index contributed by atoms with van der Waals surface area (Å²) in [6.45, 7) is 2.37. The number of carbonyl (C=O) groups is 1. The number of nitrogens with one attached hydrogen (secondary N) is 2. The summed E-state index contributed by atoms with van der Waals surface area (Å²) in [4.78, 5) is 29.3. The molecule has 0 bridgehead atoms. The maximum absolute atomic E-state index is 11.9. The molecule has 0 fully saturated rings. The molecule has 0 saturated heterocycles. The van der Waals surface area contributed by atoms with Gasteiger partial charge in [0, 0.05) is 12.7 Å². The lowest BCUT2D eigenvalue weighted by Gasteiger charge is -2.09. The van der Waals surface area contributed by atoms with E-state index >= 15 is 0 Å². The van der Waals surface area contributed by atoms with Gasteiger partial charge in [-0.05, 0) is 30.5 Å². The van der Waals surface area contributed by atoms with Gasteiger partial charge < -0.3 is 15.0 Å². The largest absolute Gasteiger partial charge is 0.496 e. The number of hydrogen-bond donors (Lipinski definition) is 2. The average molecular weight is 333 g/mol. The molecule has 0 saturated carbocycles. The van der Waals surface area contributed by atoms with Crippen LogP contribution in [0.15, 0.2) is 40.3 Å². The molecule has 1 amide bonds. The standard InChI is InChI=1S/C16H19N3O3S/c1-11-9-18-16(21)19-15(11)23-10-14(20)17-8-7-12-5-3-4-6-13(12)22-2/h3-6,9H,7-8,10H2,1-2H3,(H,17,20)(H,18,19,21). The minimum atomic E-state index is -0.408. The summed E-state index contributed by atoms with van der Waals surface area (Å²) in [7, 11) is 1.63. The van der Waals surface area contributed by atoms with Gasteiger partial charge in [-0.25, -0.2) is 9.78 Å². The van der Waals surface area contributed by atoms with Crippen LogP contribution in [0.1, 0.15) is 11.1 Å². The van der Waals surface area contributed by atoms with Crippen molar-refractivity contribution in [3.05, 3.63) is 52.1 Å². The van der Waals surface area contributed by atoms with E-state index in [0.717, 1.165) is 16.9 Å². The number of nitrogens with zero attached hydrogens (tertiary/aromatic N) is 1. The van der Waals surface area contributed by atoms with E-state index in [4.69, 9.17) is 4.74 Å². The molecule has 0 aliphatic rings. The molecule has 2 aromatic rings. The maximum atomic E-state index is 11.9. The van der Waals surface area contributed by atoms with Crippen molar-refractivity contribution in [3.63, 3.8) is 0 Å². The molecule has 0 aliphatic carbocycles. The maximum Gasteiger partial charge on any atom is 0.345 e. The Hall–Kier alpha value is -2.28. The van der Waals surface area contributed by atoms with Crippen LogP contribution in [0.3, 0.4) is 0 Å². The van der Waals surface area contributed by atoms with Crippen LogP contribution < -0.4 is 15.7 Å². The zero-order chi connectivity index (χ0) is 16.7. The van der Waals surface area contributed by atoms with Gasteiger partial charge in [-0.1, -0.05) is 30.0 Å². The molecule has 0 atom stereocenters. The van der Waals surface area contributed by atoms with E-state index in [0.29, 0.717) is 18.0 Å². The molecule has 122 valence electrons. The Morgan fingerprint density at radius 1 is 1.39 bits per heavy atom. The SMILES string of the molecule is COc1ccccc1CCNC(=O)CSc1[nH]c(=O)ncc1C. The number of aromatic amines is 1. The third kappa shape index (κ3) is 5.14. The van der Waals surface area contributed by atoms with Crippen molar-refractivity contribution >= 4 is 17.7 Å². The van der Waals surface area contributed by atoms with E-state index in [1.54, 1.807) is 7.11 Å². The number of methoxy groups -OCH3 is 1. The Bertz CT molecular complexity index is 731. The fourth-order valence-electron chi connectivity index (χ4n) is 2.03. The van der Waals surface area contributed by atoms with Gasteiger partial charge in [-0.2, -0.15) is 0 Å². The lowest BCUT2D eigenvalue weighted by Crippen LogP contribution is -2.27. The number of para-hydroxylation sites is 1. The van der Waals surface area contributed by atoms with E-state index in [2.05, 4.69) is 15.3 Å². The molecule has 1 heterocycles. The van der Waals surface area contributed by atoms with Crippen LogP contribution in [-0.2, 0) is 11.2 Å². The molecule has 7 heteroatoms. The van der Waals surface area contributed by atoms with Gasteiger partial charge in [-0.15, -0.1) is 0 Å². The lowest BCUT2D eigenvalue weighted by atomic mass is 10.1. The van der Waals surface area contributed by atoms with Crippen LogP contribution in [0.4, 0.5) is 0 Å². The second-order valence-corrected chi connectivity index (χ2v) is 5.89. The average Bonchev–Trinajstić information content (AvgIpc) is 2.56. The van der Waals surface area contributed by atoms with E-state index in [1.165, 1.54) is 18.0 Å². The Kier molecular flexibility index (Phi) is 6.22. The van der Waals surface area contributed by atoms with Gasteiger partial charge in [-0.3, -0.25) is 4.79 Å². The molecule has 1 aromatic carbocycles. The first kappa shape index (κ1) is 17.1. The van der Waals surface area contributed by atoms with Gasteiger partial charge in [0.2, 0.25) is 5.91 Å². The second-order valence-electron chi connectivity index (χ2n) is 4.90. The normalized spacial score (nSPS) is 10.3. The number of H-pyrrole nitrogens is 1. The van der Waals surface area contributed by atoms with Gasteiger partial charge >= 0.3 is 5.69 Å². The summed E-state index contributed by atoms with van der Waals surface area (Å²) in [6.07, 6.45) is 2.20. The minimum Gasteiger partial charge on any atom is -0.496 e. The molecule has 0 spiro atoms. The van der Waals surface area contributed by atoms with E-state index in [9.17, 15) is 9.59 Å². The highest BCUT2D eigenvalue weighted by atomic mass is 32.2. The number of aromatic nitrogens is 2. The number of amides is 1. The monoisotopic (exact) mass is 333 g/mol. The summed E-state index contributed by atoms with van der Waals surface area (Å²) in [5.74, 6) is 0.982. The Balaban J connectivity index is 1.79. The number of hydrogen-bond acceptors (Lipinski definition) is 5. The predicted molar refractivity (Wildman–Crippen MR) is 90.0 cm³/mol. The van der Waals surface area contributed by atoms with Crippen molar-refractivity contribution in [2.24, 2.45) is 0 Å². The Labute approximate surface area is 138 Å². The van der Waals surface area contributed by atoms with E-state index in [1.807, 2.05) is 31.2 Å². The third-order valence-electron chi connectivity index (χ3n) is 3.21. The van der Waals surface area contributed by atoms with Crippen molar-refractivity contribution in [1.82, 2.24) is 15.3 Å². The molecule has 1 aromatic heterocycles. The predicted octanol–water partition coefficient (Wildman–Crippen LogP) is 1.54. The molecule has 0 radical (unpaired) electrons. The number of rotatable bonds is 7. The number of carbonyl (C=O) groups excluding carboxylic acids is 1. The highest BCUT2D eigenvalue weighted by molar-refractivity contribution is 7.99. The van der Waals surface area contributed by atoms with Crippen LogP contribution in [-0.4, -0.2) is 35.3 Å². The van der Waals surface area contributed by atoms with Crippen molar-refractivity contribution in [2.45, 2.75) is 18.4 Å². The molecule has 2 N–H and O–H groups in total. The summed E-state index contributed by atoms with van der Waals surface area (Å²) >= 11 is 1.29. The summed E-state index contributed by atoms with van der Waals surface area (Å²) in [5, 5.41) is 3.54. The van der Waals surface area contributed by atoms with Crippen molar-refractivity contribution in [1.29, 1.82) is 0 Å². The zero-order valence-corrected chi connectivity index (χ0v) is 13.9. The Morgan fingerprint density at radius 3 is 2.96 bits per heavy atom. The van der Waals surface area contributed by atoms with Gasteiger partial charge in [0.05, 0.1) is 17.9 Å². The van der Waals surface area contributed by atoms with Crippen LogP contribution in [0.5, 0.6) is 5.75 Å². The summed E-state index contributed by atoms with van der Waals surface area (Å²) < 4.78 is 5.28. The zero-order valence-electron chi connectivity index (χ0n) is 13.1. The van der Waals surface area contributed by atoms with Gasteiger partial charge in [0.15, 0.2) is 0 Å². The summed E-state index contributed by atoms with van der Waals surface area (Å²) in [5.41, 5.74) is 1.49. The highest BCUT2D eigenvalue weighted by Gasteiger charge is 2.07. The molecule has 6 nitrogen and oxygen atoms in total.